The largest absolute Gasteiger partial charge is 0.340 e. The number of hydrogen-bond donors (Lipinski definition) is 3. The molecule has 0 unspecified atom stereocenters. The van der Waals surface area contributed by atoms with Crippen LogP contribution in [0.25, 0.3) is 11.4 Å². The highest BCUT2D eigenvalue weighted by molar-refractivity contribution is 5.51. The van der Waals surface area contributed by atoms with Crippen LogP contribution in [0.4, 0.5) is 0 Å². The molecule has 62 valence electrons. The summed E-state index contributed by atoms with van der Waals surface area (Å²) in [6.45, 7) is 0.425. The van der Waals surface area contributed by atoms with E-state index in [0.29, 0.717) is 6.54 Å². The van der Waals surface area contributed by atoms with Crippen LogP contribution in [0.5, 0.6) is 0 Å². The molecule has 0 aromatic carbocycles. The van der Waals surface area contributed by atoms with E-state index in [2.05, 4.69) is 20.2 Å². The molecule has 4 N–H and O–H groups in total. The third kappa shape index (κ3) is 1.10. The van der Waals surface area contributed by atoms with E-state index < -0.39 is 0 Å². The highest BCUT2D eigenvalue weighted by atomic mass is 15.1. The lowest BCUT2D eigenvalue weighted by Gasteiger charge is -1.89. The fourth-order valence-corrected chi connectivity index (χ4v) is 1.01. The molecule has 0 radical (unpaired) electrons. The number of nitrogens with one attached hydrogen (secondary N) is 2. The average molecular weight is 163 g/mol. The second kappa shape index (κ2) is 2.78. The molecular formula is C7H9N5. The Hall–Kier alpha value is -1.62. The molecule has 2 aromatic heterocycles. The van der Waals surface area contributed by atoms with E-state index in [-0.39, 0.29) is 0 Å². The van der Waals surface area contributed by atoms with Gasteiger partial charge < -0.3 is 10.7 Å². The van der Waals surface area contributed by atoms with Gasteiger partial charge in [0.25, 0.3) is 0 Å². The van der Waals surface area contributed by atoms with Gasteiger partial charge in [0.15, 0.2) is 0 Å². The van der Waals surface area contributed by atoms with Crippen molar-refractivity contribution in [3.8, 4) is 11.4 Å². The Morgan fingerprint density at radius 2 is 2.33 bits per heavy atom. The molecule has 2 aromatic rings. The quantitative estimate of drug-likeness (QED) is 0.593. The van der Waals surface area contributed by atoms with Crippen molar-refractivity contribution in [1.29, 1.82) is 0 Å². The Kier molecular flexibility index (Phi) is 1.64. The van der Waals surface area contributed by atoms with Crippen molar-refractivity contribution in [1.82, 2.24) is 20.2 Å². The zero-order valence-electron chi connectivity index (χ0n) is 6.41. The lowest BCUT2D eigenvalue weighted by Crippen LogP contribution is -1.97. The summed E-state index contributed by atoms with van der Waals surface area (Å²) in [6.07, 6.45) is 3.42. The van der Waals surface area contributed by atoms with E-state index in [1.165, 1.54) is 0 Å². The summed E-state index contributed by atoms with van der Waals surface area (Å²) in [4.78, 5) is 7.12. The van der Waals surface area contributed by atoms with E-state index in [1.807, 2.05) is 6.07 Å². The number of nitrogens with zero attached hydrogens (tertiary/aromatic N) is 2. The molecule has 0 fully saturated rings. The fraction of sp³-hybridized carbons (Fsp3) is 0.143. The van der Waals surface area contributed by atoms with Gasteiger partial charge in [-0.25, -0.2) is 4.98 Å². The Balaban J connectivity index is 2.35. The maximum Gasteiger partial charge on any atom is 0.120 e. The zero-order chi connectivity index (χ0) is 8.39. The number of aromatic amines is 2. The lowest BCUT2D eigenvalue weighted by atomic mass is 10.3. The number of nitrogens with two attached hydrogens (primary N) is 1. The van der Waals surface area contributed by atoms with Crippen LogP contribution in [0.2, 0.25) is 0 Å². The maximum absolute atomic E-state index is 5.40. The van der Waals surface area contributed by atoms with Crippen molar-refractivity contribution in [2.75, 3.05) is 0 Å². The molecule has 0 bridgehead atoms. The predicted molar refractivity (Wildman–Crippen MR) is 44.1 cm³/mol. The Bertz CT molecular complexity index is 348. The molecule has 0 aliphatic heterocycles. The van der Waals surface area contributed by atoms with E-state index in [4.69, 9.17) is 5.73 Å². The van der Waals surface area contributed by atoms with Crippen LogP contribution < -0.4 is 5.73 Å². The Morgan fingerprint density at radius 3 is 2.92 bits per heavy atom. The number of H-pyrrole nitrogens is 2. The van der Waals surface area contributed by atoms with Gasteiger partial charge >= 0.3 is 0 Å². The second-order valence-electron chi connectivity index (χ2n) is 2.42. The summed E-state index contributed by atoms with van der Waals surface area (Å²) in [5.41, 5.74) is 7.23. The molecule has 0 amide bonds. The monoisotopic (exact) mass is 163 g/mol. The summed E-state index contributed by atoms with van der Waals surface area (Å²) in [5.74, 6) is 0.777. The van der Waals surface area contributed by atoms with Crippen LogP contribution in [-0.2, 0) is 6.54 Å². The van der Waals surface area contributed by atoms with Crippen LogP contribution >= 0.6 is 0 Å². The number of rotatable bonds is 2. The third-order valence-electron chi connectivity index (χ3n) is 1.61. The van der Waals surface area contributed by atoms with Crippen LogP contribution in [-0.4, -0.2) is 20.2 Å². The Morgan fingerprint density at radius 1 is 1.42 bits per heavy atom. The first-order valence-electron chi connectivity index (χ1n) is 3.64. The van der Waals surface area contributed by atoms with Gasteiger partial charge in [0, 0.05) is 6.20 Å². The zero-order valence-corrected chi connectivity index (χ0v) is 6.41. The number of aromatic nitrogens is 4. The van der Waals surface area contributed by atoms with Gasteiger partial charge in [-0.1, -0.05) is 0 Å². The summed E-state index contributed by atoms with van der Waals surface area (Å²) in [5, 5.41) is 6.66. The van der Waals surface area contributed by atoms with Crippen LogP contribution in [0.3, 0.4) is 0 Å². The molecule has 5 heteroatoms. The molecule has 0 spiro atoms. The molecule has 12 heavy (non-hydrogen) atoms. The number of hydrogen-bond acceptors (Lipinski definition) is 3. The minimum atomic E-state index is 0.425. The van der Waals surface area contributed by atoms with Crippen molar-refractivity contribution in [2.24, 2.45) is 5.73 Å². The average Bonchev–Trinajstić information content (AvgIpc) is 2.75. The highest BCUT2D eigenvalue weighted by Crippen LogP contribution is 2.11. The summed E-state index contributed by atoms with van der Waals surface area (Å²) < 4.78 is 0. The van der Waals surface area contributed by atoms with Crippen molar-refractivity contribution < 1.29 is 0 Å². The van der Waals surface area contributed by atoms with Crippen molar-refractivity contribution in [3.05, 3.63) is 24.3 Å². The first kappa shape index (κ1) is 7.05. The van der Waals surface area contributed by atoms with E-state index >= 15 is 0 Å². The molecule has 0 aliphatic carbocycles. The molecule has 2 heterocycles. The molecular weight excluding hydrogens is 154 g/mol. The normalized spacial score (nSPS) is 10.4. The highest BCUT2D eigenvalue weighted by Gasteiger charge is 2.01. The van der Waals surface area contributed by atoms with E-state index in [9.17, 15) is 0 Å². The van der Waals surface area contributed by atoms with E-state index in [0.717, 1.165) is 17.2 Å². The molecule has 0 saturated heterocycles. The topological polar surface area (TPSA) is 83.4 Å². The number of imidazole rings is 1. The lowest BCUT2D eigenvalue weighted by molar-refractivity contribution is 0.949. The SMILES string of the molecule is NCc1ncc(-c2ccn[nH]2)[nH]1. The van der Waals surface area contributed by atoms with Crippen molar-refractivity contribution >= 4 is 0 Å². The predicted octanol–water partition coefficient (Wildman–Crippen LogP) is 0.258. The van der Waals surface area contributed by atoms with Crippen molar-refractivity contribution in [2.45, 2.75) is 6.54 Å². The van der Waals surface area contributed by atoms with Gasteiger partial charge in [0.05, 0.1) is 24.1 Å². The van der Waals surface area contributed by atoms with E-state index in [1.54, 1.807) is 12.4 Å². The van der Waals surface area contributed by atoms with Gasteiger partial charge in [0.1, 0.15) is 5.82 Å². The molecule has 0 atom stereocenters. The first-order valence-corrected chi connectivity index (χ1v) is 3.64. The molecule has 5 nitrogen and oxygen atoms in total. The second-order valence-corrected chi connectivity index (χ2v) is 2.42. The Labute approximate surface area is 69.0 Å². The van der Waals surface area contributed by atoms with Crippen LogP contribution in [0.15, 0.2) is 18.5 Å². The summed E-state index contributed by atoms with van der Waals surface area (Å²) in [6, 6.07) is 1.87. The van der Waals surface area contributed by atoms with Gasteiger partial charge in [-0.2, -0.15) is 5.10 Å². The summed E-state index contributed by atoms with van der Waals surface area (Å²) in [7, 11) is 0. The summed E-state index contributed by atoms with van der Waals surface area (Å²) >= 11 is 0. The first-order chi connectivity index (χ1) is 5.90. The van der Waals surface area contributed by atoms with Gasteiger partial charge in [-0.15, -0.1) is 0 Å². The van der Waals surface area contributed by atoms with Crippen LogP contribution in [0, 0.1) is 0 Å². The maximum atomic E-state index is 5.40. The molecule has 0 aliphatic rings. The van der Waals surface area contributed by atoms with Gasteiger partial charge in [-0.3, -0.25) is 5.10 Å². The molecule has 0 saturated carbocycles. The smallest absolute Gasteiger partial charge is 0.120 e. The third-order valence-corrected chi connectivity index (χ3v) is 1.61. The minimum Gasteiger partial charge on any atom is -0.340 e. The molecule has 2 rings (SSSR count). The van der Waals surface area contributed by atoms with Crippen molar-refractivity contribution in [3.63, 3.8) is 0 Å². The standard InChI is InChI=1S/C7H9N5/c8-3-7-9-4-6(11-7)5-1-2-10-12-5/h1-2,4H,3,8H2,(H,9,11)(H,10,12). The van der Waals surface area contributed by atoms with Crippen LogP contribution in [0.1, 0.15) is 5.82 Å². The minimum absolute atomic E-state index is 0.425. The van der Waals surface area contributed by atoms with Gasteiger partial charge in [-0.05, 0) is 6.07 Å². The van der Waals surface area contributed by atoms with Gasteiger partial charge in [0.2, 0.25) is 0 Å². The fourth-order valence-electron chi connectivity index (χ4n) is 1.01.